The van der Waals surface area contributed by atoms with E-state index in [0.717, 1.165) is 44.1 Å². The molecule has 0 unspecified atom stereocenters. The van der Waals surface area contributed by atoms with Crippen LogP contribution < -0.4 is 54.6 Å². The zero-order chi connectivity index (χ0) is 41.7. The lowest BCUT2D eigenvalue weighted by atomic mass is 9.60. The fourth-order valence-corrected chi connectivity index (χ4v) is 9.72. The number of benzene rings is 7. The summed E-state index contributed by atoms with van der Waals surface area (Å²) < 4.78 is 4.68. The van der Waals surface area contributed by atoms with E-state index in [0.29, 0.717) is 17.6 Å². The first kappa shape index (κ1) is 38.0. The molecule has 10 aromatic rings. The molecule has 274 valence electrons. The number of hydrogen-bond acceptors (Lipinski definition) is 3. The predicted molar refractivity (Wildman–Crippen MR) is 287 cm³/mol. The first-order chi connectivity index (χ1) is 28.9. The molecule has 0 bridgehead atoms. The van der Waals surface area contributed by atoms with E-state index in [4.69, 9.17) is 15.0 Å². The number of aromatic nitrogens is 5. The highest BCUT2D eigenvalue weighted by Crippen LogP contribution is 2.39. The smallest absolute Gasteiger partial charge is 0.238 e. The monoisotopic (exact) mass is 759 g/mol. The van der Waals surface area contributed by atoms with Crippen molar-refractivity contribution in [3.8, 4) is 45.5 Å². The van der Waals surface area contributed by atoms with E-state index in [1.807, 2.05) is 0 Å². The van der Waals surface area contributed by atoms with E-state index >= 15 is 0 Å². The lowest BCUT2D eigenvalue weighted by Gasteiger charge is -2.22. The van der Waals surface area contributed by atoms with Crippen LogP contribution in [0.3, 0.4) is 0 Å². The van der Waals surface area contributed by atoms with Crippen molar-refractivity contribution in [3.05, 3.63) is 115 Å². The summed E-state index contributed by atoms with van der Waals surface area (Å²) in [5.41, 5.74) is 22.7. The van der Waals surface area contributed by atoms with Crippen LogP contribution in [-0.4, -0.2) is 103 Å². The third-order valence-corrected chi connectivity index (χ3v) is 14.0. The third kappa shape index (κ3) is 5.65. The van der Waals surface area contributed by atoms with Crippen molar-refractivity contribution >= 4 is 177 Å². The Hall–Kier alpha value is -6.20. The van der Waals surface area contributed by atoms with Crippen molar-refractivity contribution in [1.29, 1.82) is 0 Å². The zero-order valence-corrected chi connectivity index (χ0v) is 36.2. The molecule has 0 radical (unpaired) electrons. The molecule has 10 rings (SSSR count). The Morgan fingerprint density at radius 2 is 0.700 bits per heavy atom. The summed E-state index contributed by atoms with van der Waals surface area (Å²) in [6.07, 6.45) is 0. The van der Waals surface area contributed by atoms with Gasteiger partial charge < -0.3 is 4.57 Å². The Labute approximate surface area is 359 Å². The number of fused-ring (bicyclic) bond motifs is 6. The molecule has 0 aliphatic carbocycles. The van der Waals surface area contributed by atoms with Gasteiger partial charge in [-0.3, -0.25) is 4.57 Å². The second-order valence-corrected chi connectivity index (χ2v) is 16.8. The average Bonchev–Trinajstić information content (AvgIpc) is 3.78. The molecule has 7 aromatic carbocycles. The SMILES string of the molecule is Bc1c(B)c(B)c(-c2nc(-c3c(B)c(B)c(B)c(B)c3B)nc(-n3c4ccccc4c4cc5c(cc43)c3ccccc3n5-c3ccc(-c4ccccc4)cc3)n2)c(B)c1B. The van der Waals surface area contributed by atoms with Crippen molar-refractivity contribution < 1.29 is 0 Å². The number of hydrogen-bond donors (Lipinski definition) is 0. The lowest BCUT2D eigenvalue weighted by Crippen LogP contribution is -2.55. The molecule has 60 heavy (non-hydrogen) atoms. The van der Waals surface area contributed by atoms with E-state index < -0.39 is 0 Å². The predicted octanol–water partition coefficient (Wildman–Crippen LogP) is -6.35. The quantitative estimate of drug-likeness (QED) is 0.165. The molecule has 0 fully saturated rings. The average molecular weight is 758 g/mol. The number of rotatable bonds is 5. The van der Waals surface area contributed by atoms with Crippen molar-refractivity contribution in [2.45, 2.75) is 0 Å². The summed E-state index contributed by atoms with van der Waals surface area (Å²) in [5, 5.41) is 4.68. The summed E-state index contributed by atoms with van der Waals surface area (Å²) in [5.74, 6) is 2.02. The maximum atomic E-state index is 5.49. The second-order valence-electron chi connectivity index (χ2n) is 16.8. The van der Waals surface area contributed by atoms with Gasteiger partial charge in [-0.2, -0.15) is 9.97 Å². The fraction of sp³-hybridized carbons (Fsp3) is 0. The molecule has 15 heteroatoms. The van der Waals surface area contributed by atoms with Crippen molar-refractivity contribution in [3.63, 3.8) is 0 Å². The summed E-state index contributed by atoms with van der Waals surface area (Å²) in [6.45, 7) is 0. The van der Waals surface area contributed by atoms with Gasteiger partial charge in [-0.1, -0.05) is 101 Å². The van der Waals surface area contributed by atoms with E-state index in [-0.39, 0.29) is 0 Å². The molecule has 3 aromatic heterocycles. The van der Waals surface area contributed by atoms with Crippen LogP contribution in [0.5, 0.6) is 0 Å². The van der Waals surface area contributed by atoms with Crippen LogP contribution in [0.4, 0.5) is 0 Å². The molecule has 3 heterocycles. The van der Waals surface area contributed by atoms with Gasteiger partial charge in [0.15, 0.2) is 11.6 Å². The van der Waals surface area contributed by atoms with Gasteiger partial charge in [0.25, 0.3) is 0 Å². The maximum Gasteiger partial charge on any atom is 0.238 e. The molecular weight excluding hydrogens is 719 g/mol. The summed E-state index contributed by atoms with van der Waals surface area (Å²) in [6, 6.07) is 41.7. The first-order valence-corrected chi connectivity index (χ1v) is 21.0. The van der Waals surface area contributed by atoms with Crippen LogP contribution in [0.2, 0.25) is 0 Å². The summed E-state index contributed by atoms with van der Waals surface area (Å²) >= 11 is 0. The Bertz CT molecular complexity index is 3290. The highest BCUT2D eigenvalue weighted by molar-refractivity contribution is 6.70. The van der Waals surface area contributed by atoms with Crippen LogP contribution in [0, 0.1) is 0 Å². The molecule has 0 atom stereocenters. The van der Waals surface area contributed by atoms with E-state index in [9.17, 15) is 0 Å². The molecule has 0 aliphatic rings. The van der Waals surface area contributed by atoms with Crippen LogP contribution >= 0.6 is 0 Å². The largest absolute Gasteiger partial charge is 0.309 e. The van der Waals surface area contributed by atoms with E-state index in [1.165, 1.54) is 82.0 Å². The van der Waals surface area contributed by atoms with Gasteiger partial charge in [-0.15, -0.1) is 32.8 Å². The highest BCUT2D eigenvalue weighted by Gasteiger charge is 2.24. The molecule has 0 spiro atoms. The van der Waals surface area contributed by atoms with Gasteiger partial charge in [0.05, 0.1) is 22.1 Å². The van der Waals surface area contributed by atoms with Crippen LogP contribution in [-0.2, 0) is 0 Å². The minimum absolute atomic E-state index is 0.616. The maximum absolute atomic E-state index is 5.49. The molecular formula is C45H39B10N5. The van der Waals surface area contributed by atoms with Gasteiger partial charge >= 0.3 is 0 Å². The van der Waals surface area contributed by atoms with Crippen molar-refractivity contribution in [2.75, 3.05) is 0 Å². The lowest BCUT2D eigenvalue weighted by molar-refractivity contribution is 0.956. The molecule has 0 saturated heterocycles. The Morgan fingerprint density at radius 3 is 1.18 bits per heavy atom. The first-order valence-electron chi connectivity index (χ1n) is 21.0. The zero-order valence-electron chi connectivity index (χ0n) is 36.2. The Morgan fingerprint density at radius 1 is 0.317 bits per heavy atom. The minimum Gasteiger partial charge on any atom is -0.309 e. The Kier molecular flexibility index (Phi) is 9.02. The summed E-state index contributed by atoms with van der Waals surface area (Å²) in [7, 11) is 22.2. The van der Waals surface area contributed by atoms with E-state index in [1.54, 1.807) is 0 Å². The van der Waals surface area contributed by atoms with Crippen molar-refractivity contribution in [2.24, 2.45) is 0 Å². The van der Waals surface area contributed by atoms with Gasteiger partial charge in [0.2, 0.25) is 5.95 Å². The molecule has 0 aliphatic heterocycles. The van der Waals surface area contributed by atoms with Gasteiger partial charge in [-0.25, -0.2) is 4.98 Å². The summed E-state index contributed by atoms with van der Waals surface area (Å²) in [4.78, 5) is 16.4. The van der Waals surface area contributed by atoms with Crippen LogP contribution in [0.15, 0.2) is 115 Å². The van der Waals surface area contributed by atoms with Crippen LogP contribution in [0.25, 0.3) is 89.2 Å². The number of para-hydroxylation sites is 2. The number of nitrogens with zero attached hydrogens (tertiary/aromatic N) is 5. The third-order valence-electron chi connectivity index (χ3n) is 14.0. The fourth-order valence-electron chi connectivity index (χ4n) is 9.72. The van der Waals surface area contributed by atoms with Crippen LogP contribution in [0.1, 0.15) is 0 Å². The highest BCUT2D eigenvalue weighted by atomic mass is 15.2. The van der Waals surface area contributed by atoms with Gasteiger partial charge in [-0.05, 0) is 47.5 Å². The molecule has 0 saturated carbocycles. The van der Waals surface area contributed by atoms with E-state index in [2.05, 4.69) is 203 Å². The topological polar surface area (TPSA) is 48.5 Å². The van der Waals surface area contributed by atoms with Gasteiger partial charge in [0, 0.05) is 38.4 Å². The van der Waals surface area contributed by atoms with Gasteiger partial charge in [0.1, 0.15) is 78.5 Å². The standard InChI is InChI=1S/C45H39B10N5/c46-33-31(34(47)38(51)41(54)37(33)50)43-56-44(32-35(48)39(52)42(55)40(53)36(32)49)58-45(57-43)60-28-13-7-5-11-24(28)26-18-29-25(19-30(26)60)23-10-4-6-12-27(23)59(29)22-16-14-21(15-17-22)20-8-2-1-3-9-20/h1-19H,46-55H2. The second kappa shape index (κ2) is 14.2. The minimum atomic E-state index is 0.616. The molecule has 5 nitrogen and oxygen atoms in total. The molecule has 0 amide bonds. The normalized spacial score (nSPS) is 11.7. The molecule has 0 N–H and O–H groups in total. The van der Waals surface area contributed by atoms with Crippen molar-refractivity contribution in [1.82, 2.24) is 24.1 Å². The Balaban J connectivity index is 1.29.